The maximum Gasteiger partial charge on any atom is 0.251 e. The summed E-state index contributed by atoms with van der Waals surface area (Å²) in [7, 11) is 0. The Labute approximate surface area is 154 Å². The Hall–Kier alpha value is -2.62. The molecule has 0 aliphatic heterocycles. The lowest BCUT2D eigenvalue weighted by molar-refractivity contribution is 0.475. The number of rotatable bonds is 5. The summed E-state index contributed by atoms with van der Waals surface area (Å²) in [6.07, 6.45) is 5.86. The van der Waals surface area contributed by atoms with Gasteiger partial charge in [-0.2, -0.15) is 0 Å². The molecule has 1 aliphatic carbocycles. The number of nitrogens with zero attached hydrogens (tertiary/aromatic N) is 2. The minimum Gasteiger partial charge on any atom is -0.508 e. The van der Waals surface area contributed by atoms with Gasteiger partial charge in [0.25, 0.3) is 5.56 Å². The molecule has 1 N–H and O–H groups in total. The Kier molecular flexibility index (Phi) is 5.71. The number of hydrogen-bond acceptors (Lipinski definition) is 3. The van der Waals surface area contributed by atoms with E-state index < -0.39 is 0 Å². The van der Waals surface area contributed by atoms with E-state index in [1.165, 1.54) is 5.57 Å². The molecule has 0 unspecified atom stereocenters. The van der Waals surface area contributed by atoms with Crippen LogP contribution in [0.1, 0.15) is 43.5 Å². The van der Waals surface area contributed by atoms with Gasteiger partial charge in [-0.05, 0) is 63.3 Å². The molecule has 2 aromatic rings. The first-order valence-corrected chi connectivity index (χ1v) is 9.22. The molecule has 1 aliphatic rings. The summed E-state index contributed by atoms with van der Waals surface area (Å²) in [5.41, 5.74) is 5.79. The molecule has 0 amide bonds. The van der Waals surface area contributed by atoms with Gasteiger partial charge in [0.15, 0.2) is 0 Å². The third kappa shape index (κ3) is 4.31. The van der Waals surface area contributed by atoms with Crippen molar-refractivity contribution in [2.45, 2.75) is 46.1 Å². The molecule has 0 fully saturated rings. The van der Waals surface area contributed by atoms with Crippen LogP contribution in [-0.4, -0.2) is 21.9 Å². The van der Waals surface area contributed by atoms with Crippen molar-refractivity contribution < 1.29 is 5.11 Å². The second-order valence-electron chi connectivity index (χ2n) is 7.02. The number of phenols is 1. The summed E-state index contributed by atoms with van der Waals surface area (Å²) in [6.45, 7) is 5.45. The van der Waals surface area contributed by atoms with E-state index in [0.29, 0.717) is 13.1 Å². The Balaban J connectivity index is 1.81. The number of aliphatic imine (C=N–C) groups is 1. The van der Waals surface area contributed by atoms with Crippen LogP contribution in [-0.2, 0) is 19.4 Å². The third-order valence-electron chi connectivity index (χ3n) is 4.75. The second kappa shape index (κ2) is 8.17. The Morgan fingerprint density at radius 3 is 2.65 bits per heavy atom. The standard InChI is InChI=1S/C22H26N2O2/c1-16(2)13-15-24-21-5-3-4-20(19(21)10-11-22(24)26)23-14-12-17-6-8-18(25)9-7-17/h6-11,13,25H,3-5,12,14-15H2,1-2H3. The van der Waals surface area contributed by atoms with Crippen molar-refractivity contribution in [2.24, 2.45) is 4.99 Å². The quantitative estimate of drug-likeness (QED) is 0.832. The van der Waals surface area contributed by atoms with E-state index in [9.17, 15) is 9.90 Å². The predicted molar refractivity (Wildman–Crippen MR) is 106 cm³/mol. The average molecular weight is 350 g/mol. The fourth-order valence-electron chi connectivity index (χ4n) is 3.33. The number of phenolic OH excluding ortho intramolecular Hbond substituents is 1. The lowest BCUT2D eigenvalue weighted by Crippen LogP contribution is -2.28. The van der Waals surface area contributed by atoms with Crippen LogP contribution in [0.4, 0.5) is 0 Å². The first kappa shape index (κ1) is 18.2. The number of aromatic hydroxyl groups is 1. The van der Waals surface area contributed by atoms with Crippen molar-refractivity contribution >= 4 is 5.71 Å². The van der Waals surface area contributed by atoms with E-state index in [-0.39, 0.29) is 11.3 Å². The van der Waals surface area contributed by atoms with Crippen LogP contribution < -0.4 is 5.56 Å². The van der Waals surface area contributed by atoms with Crippen molar-refractivity contribution in [3.8, 4) is 5.75 Å². The molecule has 4 heteroatoms. The SMILES string of the molecule is CC(C)=CCn1c2c(ccc1=O)C(=NCCc1ccc(O)cc1)CCC2. The highest BCUT2D eigenvalue weighted by atomic mass is 16.3. The highest BCUT2D eigenvalue weighted by molar-refractivity contribution is 6.02. The van der Waals surface area contributed by atoms with Crippen LogP contribution in [0.15, 0.2) is 57.8 Å². The van der Waals surface area contributed by atoms with E-state index in [0.717, 1.165) is 48.2 Å². The molecule has 26 heavy (non-hydrogen) atoms. The number of pyridine rings is 1. The van der Waals surface area contributed by atoms with Crippen LogP contribution in [0.3, 0.4) is 0 Å². The van der Waals surface area contributed by atoms with Gasteiger partial charge in [-0.1, -0.05) is 23.8 Å². The molecular formula is C22H26N2O2. The number of allylic oxidation sites excluding steroid dienone is 2. The van der Waals surface area contributed by atoms with Gasteiger partial charge in [0.05, 0.1) is 0 Å². The Bertz CT molecular complexity index is 885. The van der Waals surface area contributed by atoms with E-state index in [4.69, 9.17) is 4.99 Å². The summed E-state index contributed by atoms with van der Waals surface area (Å²) >= 11 is 0. The summed E-state index contributed by atoms with van der Waals surface area (Å²) in [4.78, 5) is 17.1. The zero-order valence-electron chi connectivity index (χ0n) is 15.5. The fourth-order valence-corrected chi connectivity index (χ4v) is 3.33. The zero-order chi connectivity index (χ0) is 18.5. The molecular weight excluding hydrogens is 324 g/mol. The van der Waals surface area contributed by atoms with Gasteiger partial charge in [-0.25, -0.2) is 0 Å². The maximum atomic E-state index is 12.3. The lowest BCUT2D eigenvalue weighted by atomic mass is 9.93. The first-order chi connectivity index (χ1) is 12.5. The molecule has 0 bridgehead atoms. The average Bonchev–Trinajstić information content (AvgIpc) is 2.62. The lowest BCUT2D eigenvalue weighted by Gasteiger charge is -2.22. The Morgan fingerprint density at radius 1 is 1.15 bits per heavy atom. The van der Waals surface area contributed by atoms with Crippen molar-refractivity contribution in [3.63, 3.8) is 0 Å². The minimum atomic E-state index is 0.0617. The van der Waals surface area contributed by atoms with Crippen molar-refractivity contribution in [2.75, 3.05) is 6.54 Å². The molecule has 3 rings (SSSR count). The molecule has 0 saturated carbocycles. The van der Waals surface area contributed by atoms with Crippen LogP contribution in [0.2, 0.25) is 0 Å². The van der Waals surface area contributed by atoms with Gasteiger partial charge in [0.1, 0.15) is 5.75 Å². The highest BCUT2D eigenvalue weighted by Crippen LogP contribution is 2.21. The highest BCUT2D eigenvalue weighted by Gasteiger charge is 2.18. The van der Waals surface area contributed by atoms with E-state index >= 15 is 0 Å². The largest absolute Gasteiger partial charge is 0.508 e. The third-order valence-corrected chi connectivity index (χ3v) is 4.75. The van der Waals surface area contributed by atoms with Gasteiger partial charge < -0.3 is 9.67 Å². The van der Waals surface area contributed by atoms with E-state index in [1.807, 2.05) is 22.8 Å². The van der Waals surface area contributed by atoms with Gasteiger partial charge in [0.2, 0.25) is 0 Å². The summed E-state index contributed by atoms with van der Waals surface area (Å²) in [5.74, 6) is 0.288. The molecule has 136 valence electrons. The smallest absolute Gasteiger partial charge is 0.251 e. The molecule has 1 aromatic carbocycles. The van der Waals surface area contributed by atoms with Crippen molar-refractivity contribution in [1.82, 2.24) is 4.57 Å². The number of fused-ring (bicyclic) bond motifs is 1. The van der Waals surface area contributed by atoms with E-state index in [2.05, 4.69) is 19.9 Å². The minimum absolute atomic E-state index is 0.0617. The van der Waals surface area contributed by atoms with Gasteiger partial charge >= 0.3 is 0 Å². The summed E-state index contributed by atoms with van der Waals surface area (Å²) in [5, 5.41) is 9.36. The van der Waals surface area contributed by atoms with Crippen molar-refractivity contribution in [1.29, 1.82) is 0 Å². The molecule has 0 saturated heterocycles. The maximum absolute atomic E-state index is 12.3. The normalized spacial score (nSPS) is 14.9. The van der Waals surface area contributed by atoms with Crippen LogP contribution >= 0.6 is 0 Å². The number of aromatic nitrogens is 1. The van der Waals surface area contributed by atoms with Gasteiger partial charge in [-0.15, -0.1) is 0 Å². The first-order valence-electron chi connectivity index (χ1n) is 9.22. The van der Waals surface area contributed by atoms with Gasteiger partial charge in [0, 0.05) is 36.1 Å². The molecule has 4 nitrogen and oxygen atoms in total. The topological polar surface area (TPSA) is 54.6 Å². The van der Waals surface area contributed by atoms with E-state index in [1.54, 1.807) is 18.2 Å². The van der Waals surface area contributed by atoms with Crippen LogP contribution in [0.25, 0.3) is 0 Å². The predicted octanol–water partition coefficient (Wildman–Crippen LogP) is 3.89. The Morgan fingerprint density at radius 2 is 1.92 bits per heavy atom. The zero-order valence-corrected chi connectivity index (χ0v) is 15.5. The summed E-state index contributed by atoms with van der Waals surface area (Å²) in [6, 6.07) is 10.9. The molecule has 0 radical (unpaired) electrons. The van der Waals surface area contributed by atoms with Crippen molar-refractivity contribution in [3.05, 3.63) is 75.2 Å². The molecule has 1 aromatic heterocycles. The van der Waals surface area contributed by atoms with Gasteiger partial charge in [-0.3, -0.25) is 9.79 Å². The second-order valence-corrected chi connectivity index (χ2v) is 7.02. The van der Waals surface area contributed by atoms with Crippen LogP contribution in [0.5, 0.6) is 5.75 Å². The van der Waals surface area contributed by atoms with Crippen LogP contribution in [0, 0.1) is 0 Å². The molecule has 1 heterocycles. The summed E-state index contributed by atoms with van der Waals surface area (Å²) < 4.78 is 1.89. The molecule has 0 atom stereocenters. The monoisotopic (exact) mass is 350 g/mol. The number of benzene rings is 1. The number of hydrogen-bond donors (Lipinski definition) is 1. The fraction of sp³-hybridized carbons (Fsp3) is 0.364. The molecule has 0 spiro atoms.